The molecule has 5 nitrogen and oxygen atoms in total. The predicted molar refractivity (Wildman–Crippen MR) is 104 cm³/mol. The number of aromatic hydroxyl groups is 1. The Morgan fingerprint density at radius 3 is 2.73 bits per heavy atom. The Kier molecular flexibility index (Phi) is 4.66. The van der Waals surface area contributed by atoms with Gasteiger partial charge in [-0.1, -0.05) is 41.9 Å². The third-order valence-electron chi connectivity index (χ3n) is 4.76. The highest BCUT2D eigenvalue weighted by Gasteiger charge is 2.21. The number of phenolic OH excluding ortho intramolecular Hbond substituents is 1. The van der Waals surface area contributed by atoms with Gasteiger partial charge in [0.25, 0.3) is 0 Å². The number of hydrogen-bond donors (Lipinski definition) is 2. The average Bonchev–Trinajstić information content (AvgIpc) is 2.65. The molecule has 2 N–H and O–H groups in total. The molecule has 0 bridgehead atoms. The second-order valence-electron chi connectivity index (χ2n) is 6.63. The number of rotatable bonds is 3. The Morgan fingerprint density at radius 1 is 1.12 bits per heavy atom. The fourth-order valence-corrected chi connectivity index (χ4v) is 3.61. The minimum Gasteiger partial charge on any atom is -0.506 e. The average molecular weight is 370 g/mol. The molecule has 3 aromatic rings. The van der Waals surface area contributed by atoms with Crippen LogP contribution in [0.4, 0.5) is 5.82 Å². The molecule has 26 heavy (non-hydrogen) atoms. The molecule has 1 aliphatic heterocycles. The number of hydrogen-bond acceptors (Lipinski definition) is 5. The Hall–Kier alpha value is -2.37. The Labute approximate surface area is 157 Å². The molecule has 2 atom stereocenters. The predicted octanol–water partition coefficient (Wildman–Crippen LogP) is 4.64. The molecule has 0 spiro atoms. The molecule has 134 valence electrons. The lowest BCUT2D eigenvalue weighted by molar-refractivity contribution is 0.0232. The van der Waals surface area contributed by atoms with Crippen LogP contribution in [0, 0.1) is 0 Å². The van der Waals surface area contributed by atoms with Crippen molar-refractivity contribution in [1.82, 2.24) is 10.2 Å². The van der Waals surface area contributed by atoms with Crippen LogP contribution in [-0.2, 0) is 4.74 Å². The smallest absolute Gasteiger partial charge is 0.156 e. The summed E-state index contributed by atoms with van der Waals surface area (Å²) < 4.78 is 5.62. The minimum atomic E-state index is 0.0209. The van der Waals surface area contributed by atoms with Crippen LogP contribution in [-0.4, -0.2) is 34.1 Å². The number of halogens is 1. The molecule has 0 aliphatic carbocycles. The van der Waals surface area contributed by atoms with Gasteiger partial charge in [-0.25, -0.2) is 0 Å². The van der Waals surface area contributed by atoms with Crippen molar-refractivity contribution in [1.29, 1.82) is 0 Å². The van der Waals surface area contributed by atoms with E-state index in [1.54, 1.807) is 18.2 Å². The molecule has 1 aliphatic rings. The van der Waals surface area contributed by atoms with E-state index in [2.05, 4.69) is 22.4 Å². The SMILES string of the molecule is CC1CC(Nc2nnc(-c3cccc(Cl)c3O)c3ccccc23)CCO1. The van der Waals surface area contributed by atoms with Crippen molar-refractivity contribution in [2.45, 2.75) is 31.9 Å². The third kappa shape index (κ3) is 3.20. The number of fused-ring (bicyclic) bond motifs is 1. The molecule has 2 unspecified atom stereocenters. The summed E-state index contributed by atoms with van der Waals surface area (Å²) >= 11 is 6.07. The molecule has 2 heterocycles. The number of para-hydroxylation sites is 1. The second-order valence-corrected chi connectivity index (χ2v) is 7.03. The van der Waals surface area contributed by atoms with Gasteiger partial charge < -0.3 is 15.2 Å². The van der Waals surface area contributed by atoms with E-state index in [1.165, 1.54) is 0 Å². The summed E-state index contributed by atoms with van der Waals surface area (Å²) in [6.45, 7) is 2.83. The molecule has 1 aromatic heterocycles. The Morgan fingerprint density at radius 2 is 1.92 bits per heavy atom. The molecule has 1 saturated heterocycles. The zero-order valence-electron chi connectivity index (χ0n) is 14.4. The van der Waals surface area contributed by atoms with E-state index in [4.69, 9.17) is 16.3 Å². The minimum absolute atomic E-state index is 0.0209. The van der Waals surface area contributed by atoms with Crippen LogP contribution in [0.25, 0.3) is 22.0 Å². The van der Waals surface area contributed by atoms with Crippen molar-refractivity contribution < 1.29 is 9.84 Å². The van der Waals surface area contributed by atoms with Crippen LogP contribution in [0.15, 0.2) is 42.5 Å². The highest BCUT2D eigenvalue weighted by molar-refractivity contribution is 6.32. The first kappa shape index (κ1) is 17.1. The van der Waals surface area contributed by atoms with Gasteiger partial charge in [0.1, 0.15) is 11.4 Å². The van der Waals surface area contributed by atoms with Gasteiger partial charge in [0.05, 0.1) is 11.1 Å². The van der Waals surface area contributed by atoms with Gasteiger partial charge in [-0.2, -0.15) is 0 Å². The van der Waals surface area contributed by atoms with Crippen LogP contribution in [0.5, 0.6) is 5.75 Å². The van der Waals surface area contributed by atoms with Crippen LogP contribution in [0.1, 0.15) is 19.8 Å². The van der Waals surface area contributed by atoms with Gasteiger partial charge in [-0.3, -0.25) is 0 Å². The highest BCUT2D eigenvalue weighted by atomic mass is 35.5. The first-order chi connectivity index (χ1) is 12.6. The molecule has 0 amide bonds. The lowest BCUT2D eigenvalue weighted by atomic mass is 10.0. The van der Waals surface area contributed by atoms with E-state index >= 15 is 0 Å². The fourth-order valence-electron chi connectivity index (χ4n) is 3.44. The van der Waals surface area contributed by atoms with Crippen LogP contribution in [0.3, 0.4) is 0 Å². The van der Waals surface area contributed by atoms with E-state index in [9.17, 15) is 5.11 Å². The first-order valence-corrected chi connectivity index (χ1v) is 9.12. The van der Waals surface area contributed by atoms with Gasteiger partial charge in [0, 0.05) is 29.0 Å². The van der Waals surface area contributed by atoms with E-state index in [-0.39, 0.29) is 11.9 Å². The number of anilines is 1. The van der Waals surface area contributed by atoms with Crippen molar-refractivity contribution in [2.75, 3.05) is 11.9 Å². The van der Waals surface area contributed by atoms with Gasteiger partial charge >= 0.3 is 0 Å². The summed E-state index contributed by atoms with van der Waals surface area (Å²) in [6, 6.07) is 13.5. The summed E-state index contributed by atoms with van der Waals surface area (Å²) in [4.78, 5) is 0. The van der Waals surface area contributed by atoms with Crippen LogP contribution >= 0.6 is 11.6 Å². The van der Waals surface area contributed by atoms with Crippen LogP contribution in [0.2, 0.25) is 5.02 Å². The van der Waals surface area contributed by atoms with Gasteiger partial charge in [0.2, 0.25) is 0 Å². The van der Waals surface area contributed by atoms with E-state index < -0.39 is 0 Å². The standard InChI is InChI=1S/C20H20ClN3O2/c1-12-11-13(9-10-26-12)22-20-15-6-3-2-5-14(15)18(23-24-20)16-7-4-8-17(21)19(16)25/h2-8,12-13,25H,9-11H2,1H3,(H,22,24). The lowest BCUT2D eigenvalue weighted by Gasteiger charge is -2.28. The number of nitrogens with one attached hydrogen (secondary N) is 1. The van der Waals surface area contributed by atoms with Gasteiger partial charge in [-0.15, -0.1) is 10.2 Å². The number of aromatic nitrogens is 2. The molecular weight excluding hydrogens is 350 g/mol. The number of nitrogens with zero attached hydrogens (tertiary/aromatic N) is 2. The maximum absolute atomic E-state index is 10.3. The maximum atomic E-state index is 10.3. The van der Waals surface area contributed by atoms with Crippen molar-refractivity contribution >= 4 is 28.2 Å². The summed E-state index contributed by atoms with van der Waals surface area (Å²) in [5.74, 6) is 0.776. The Bertz CT molecular complexity index is 947. The summed E-state index contributed by atoms with van der Waals surface area (Å²) in [5.41, 5.74) is 1.19. The third-order valence-corrected chi connectivity index (χ3v) is 5.06. The molecule has 6 heteroatoms. The molecule has 0 saturated carbocycles. The lowest BCUT2D eigenvalue weighted by Crippen LogP contribution is -2.32. The quantitative estimate of drug-likeness (QED) is 0.704. The largest absolute Gasteiger partial charge is 0.506 e. The first-order valence-electron chi connectivity index (χ1n) is 8.75. The zero-order chi connectivity index (χ0) is 18.1. The highest BCUT2D eigenvalue weighted by Crippen LogP contribution is 2.38. The van der Waals surface area contributed by atoms with Crippen molar-refractivity contribution in [3.05, 3.63) is 47.5 Å². The number of phenols is 1. The molecular formula is C20H20ClN3O2. The number of benzene rings is 2. The van der Waals surface area contributed by atoms with E-state index in [0.717, 1.165) is 36.0 Å². The summed E-state index contributed by atoms with van der Waals surface area (Å²) in [6.07, 6.45) is 2.12. The van der Waals surface area contributed by atoms with Gasteiger partial charge in [0.15, 0.2) is 5.82 Å². The van der Waals surface area contributed by atoms with Crippen molar-refractivity contribution in [3.8, 4) is 17.0 Å². The molecule has 0 radical (unpaired) electrons. The molecule has 2 aromatic carbocycles. The van der Waals surface area contributed by atoms with E-state index in [0.29, 0.717) is 22.3 Å². The van der Waals surface area contributed by atoms with Crippen molar-refractivity contribution in [3.63, 3.8) is 0 Å². The second kappa shape index (κ2) is 7.09. The summed E-state index contributed by atoms with van der Waals surface area (Å²) in [5, 5.41) is 24.9. The number of ether oxygens (including phenoxy) is 1. The molecule has 1 fully saturated rings. The van der Waals surface area contributed by atoms with Crippen LogP contribution < -0.4 is 5.32 Å². The summed E-state index contributed by atoms with van der Waals surface area (Å²) in [7, 11) is 0. The van der Waals surface area contributed by atoms with E-state index in [1.807, 2.05) is 24.3 Å². The Balaban J connectivity index is 1.77. The topological polar surface area (TPSA) is 67.3 Å². The maximum Gasteiger partial charge on any atom is 0.156 e. The fraction of sp³-hybridized carbons (Fsp3) is 0.300. The molecule has 4 rings (SSSR count). The zero-order valence-corrected chi connectivity index (χ0v) is 15.2. The van der Waals surface area contributed by atoms with Crippen molar-refractivity contribution in [2.24, 2.45) is 0 Å². The normalized spacial score (nSPS) is 20.2. The monoisotopic (exact) mass is 369 g/mol. The van der Waals surface area contributed by atoms with Gasteiger partial charge in [-0.05, 0) is 31.9 Å².